The molecule has 0 amide bonds. The molecule has 0 bridgehead atoms. The van der Waals surface area contributed by atoms with Crippen LogP contribution in [0.5, 0.6) is 0 Å². The van der Waals surface area contributed by atoms with Crippen LogP contribution < -0.4 is 5.69 Å². The zero-order valence-electron chi connectivity index (χ0n) is 12.2. The molecule has 1 rings (SSSR count). The molecule has 0 aromatic carbocycles. The Hall–Kier alpha value is -2.09. The van der Waals surface area contributed by atoms with E-state index in [2.05, 4.69) is 23.8 Å². The van der Waals surface area contributed by atoms with Crippen molar-refractivity contribution in [1.82, 2.24) is 9.55 Å². The minimum absolute atomic E-state index is 0.0817. The van der Waals surface area contributed by atoms with Gasteiger partial charge in [0.15, 0.2) is 5.82 Å². The lowest BCUT2D eigenvalue weighted by molar-refractivity contribution is -0.139. The van der Waals surface area contributed by atoms with Gasteiger partial charge in [-0.2, -0.15) is 0 Å². The summed E-state index contributed by atoms with van der Waals surface area (Å²) in [6.45, 7) is 5.26. The number of aromatic nitrogens is 2. The molecule has 0 aliphatic heterocycles. The van der Waals surface area contributed by atoms with Gasteiger partial charge in [-0.25, -0.2) is 18.5 Å². The number of ether oxygens (including phenoxy) is 1. The Kier molecular flexibility index (Phi) is 6.84. The monoisotopic (exact) mass is 328 g/mol. The number of esters is 1. The van der Waals surface area contributed by atoms with E-state index in [-0.39, 0.29) is 17.7 Å². The molecule has 0 atom stereocenters. The van der Waals surface area contributed by atoms with E-state index in [0.717, 1.165) is 6.20 Å². The summed E-state index contributed by atoms with van der Waals surface area (Å²) in [5.41, 5.74) is -0.426. The molecule has 0 saturated carbocycles. The number of aromatic amines is 1. The molecule has 1 aromatic rings. The van der Waals surface area contributed by atoms with E-state index in [1.165, 1.54) is 0 Å². The van der Waals surface area contributed by atoms with Gasteiger partial charge in [-0.15, -0.1) is 0 Å². The van der Waals surface area contributed by atoms with E-state index in [1.54, 1.807) is 6.92 Å². The van der Waals surface area contributed by atoms with Crippen molar-refractivity contribution in [2.45, 2.75) is 32.6 Å². The summed E-state index contributed by atoms with van der Waals surface area (Å²) in [5.74, 6) is -1.79. The summed E-state index contributed by atoms with van der Waals surface area (Å²) >= 11 is 4.56. The minimum atomic E-state index is -0.824. The SMILES string of the molecule is C=C(C)C(=O)OCCCCCC(=O)n1cc(F)c(=S)[nH]c1=O. The molecule has 0 aliphatic rings. The van der Waals surface area contributed by atoms with Crippen LogP contribution in [0, 0.1) is 10.5 Å². The second-order valence-electron chi connectivity index (χ2n) is 4.73. The predicted molar refractivity (Wildman–Crippen MR) is 80.7 cm³/mol. The van der Waals surface area contributed by atoms with Crippen LogP contribution >= 0.6 is 12.2 Å². The fraction of sp³-hybridized carbons (Fsp3) is 0.429. The van der Waals surface area contributed by atoms with Gasteiger partial charge in [-0.05, 0) is 26.2 Å². The molecule has 0 saturated heterocycles. The van der Waals surface area contributed by atoms with Crippen molar-refractivity contribution in [3.05, 3.63) is 39.3 Å². The van der Waals surface area contributed by atoms with E-state index >= 15 is 0 Å². The summed E-state index contributed by atoms with van der Waals surface area (Å²) in [5, 5.41) is 0. The molecule has 1 aromatic heterocycles. The third-order valence-corrected chi connectivity index (χ3v) is 3.08. The fourth-order valence-corrected chi connectivity index (χ4v) is 1.74. The molecular weight excluding hydrogens is 311 g/mol. The zero-order chi connectivity index (χ0) is 16.7. The highest BCUT2D eigenvalue weighted by Crippen LogP contribution is 2.04. The number of nitrogens with one attached hydrogen (secondary N) is 1. The van der Waals surface area contributed by atoms with Crippen molar-refractivity contribution in [2.24, 2.45) is 0 Å². The van der Waals surface area contributed by atoms with Crippen LogP contribution in [0.25, 0.3) is 0 Å². The summed E-state index contributed by atoms with van der Waals surface area (Å²) in [4.78, 5) is 36.5. The van der Waals surface area contributed by atoms with E-state index in [4.69, 9.17) is 4.74 Å². The number of unbranched alkanes of at least 4 members (excludes halogenated alkanes) is 2. The molecule has 1 heterocycles. The smallest absolute Gasteiger partial charge is 0.333 e. The van der Waals surface area contributed by atoms with E-state index in [9.17, 15) is 18.8 Å². The number of nitrogens with zero attached hydrogens (tertiary/aromatic N) is 1. The van der Waals surface area contributed by atoms with Crippen molar-refractivity contribution in [3.63, 3.8) is 0 Å². The average Bonchev–Trinajstić information content (AvgIpc) is 2.45. The predicted octanol–water partition coefficient (Wildman–Crippen LogP) is 2.36. The maximum absolute atomic E-state index is 13.2. The molecule has 1 N–H and O–H groups in total. The van der Waals surface area contributed by atoms with Crippen molar-refractivity contribution < 1.29 is 18.7 Å². The van der Waals surface area contributed by atoms with Gasteiger partial charge in [-0.1, -0.05) is 18.8 Å². The van der Waals surface area contributed by atoms with Gasteiger partial charge in [0.25, 0.3) is 0 Å². The second-order valence-corrected chi connectivity index (χ2v) is 5.14. The molecule has 22 heavy (non-hydrogen) atoms. The number of halogens is 1. The highest BCUT2D eigenvalue weighted by molar-refractivity contribution is 7.71. The van der Waals surface area contributed by atoms with Crippen molar-refractivity contribution in [3.8, 4) is 0 Å². The highest BCUT2D eigenvalue weighted by Gasteiger charge is 2.09. The number of hydrogen-bond donors (Lipinski definition) is 1. The van der Waals surface area contributed by atoms with Crippen LogP contribution in [0.1, 0.15) is 37.4 Å². The standard InChI is InChI=1S/C14H17FN2O4S/c1-9(2)13(19)21-7-5-3-4-6-11(18)17-8-10(15)12(22)16-14(17)20/h8H,1,3-7H2,2H3,(H,16,20,22). The first-order valence-corrected chi connectivity index (χ1v) is 7.11. The zero-order valence-corrected chi connectivity index (χ0v) is 13.0. The molecule has 0 unspecified atom stereocenters. The Labute approximate surface area is 131 Å². The first-order valence-electron chi connectivity index (χ1n) is 6.70. The highest BCUT2D eigenvalue weighted by atomic mass is 32.1. The number of carbonyl (C=O) groups excluding carboxylic acids is 2. The molecule has 120 valence electrons. The first kappa shape index (κ1) is 18.0. The third kappa shape index (κ3) is 5.36. The molecule has 6 nitrogen and oxygen atoms in total. The van der Waals surface area contributed by atoms with Gasteiger partial charge in [0, 0.05) is 12.0 Å². The maximum Gasteiger partial charge on any atom is 0.333 e. The Morgan fingerprint density at radius 3 is 2.73 bits per heavy atom. The van der Waals surface area contributed by atoms with Gasteiger partial charge in [0.1, 0.15) is 4.64 Å². The maximum atomic E-state index is 13.2. The van der Waals surface area contributed by atoms with E-state index in [1.807, 2.05) is 0 Å². The lowest BCUT2D eigenvalue weighted by atomic mass is 10.2. The number of carbonyl (C=O) groups is 2. The van der Waals surface area contributed by atoms with Crippen LogP contribution in [0.2, 0.25) is 0 Å². The Morgan fingerprint density at radius 2 is 2.09 bits per heavy atom. The second kappa shape index (κ2) is 8.38. The minimum Gasteiger partial charge on any atom is -0.462 e. The normalized spacial score (nSPS) is 10.3. The van der Waals surface area contributed by atoms with Gasteiger partial charge in [-0.3, -0.25) is 9.78 Å². The Bertz CT molecular complexity index is 693. The van der Waals surface area contributed by atoms with Gasteiger partial charge in [0.2, 0.25) is 5.91 Å². The Balaban J connectivity index is 2.37. The van der Waals surface area contributed by atoms with Gasteiger partial charge >= 0.3 is 11.7 Å². The molecule has 8 heteroatoms. The number of hydrogen-bond acceptors (Lipinski definition) is 5. The van der Waals surface area contributed by atoms with Crippen LogP contribution in [0.3, 0.4) is 0 Å². The van der Waals surface area contributed by atoms with E-state index < -0.39 is 23.4 Å². The summed E-state index contributed by atoms with van der Waals surface area (Å²) in [6.07, 6.45) is 2.59. The Morgan fingerprint density at radius 1 is 1.41 bits per heavy atom. The average molecular weight is 328 g/mol. The molecule has 0 aliphatic carbocycles. The summed E-state index contributed by atoms with van der Waals surface area (Å²) < 4.78 is 18.5. The largest absolute Gasteiger partial charge is 0.462 e. The third-order valence-electron chi connectivity index (χ3n) is 2.78. The molecule has 0 spiro atoms. The van der Waals surface area contributed by atoms with E-state index in [0.29, 0.717) is 29.4 Å². The van der Waals surface area contributed by atoms with Crippen LogP contribution in [0.15, 0.2) is 23.1 Å². The molecule has 0 radical (unpaired) electrons. The van der Waals surface area contributed by atoms with Crippen molar-refractivity contribution in [2.75, 3.05) is 6.61 Å². The quantitative estimate of drug-likeness (QED) is 0.360. The molecule has 0 fully saturated rings. The van der Waals surface area contributed by atoms with Gasteiger partial charge < -0.3 is 4.74 Å². The topological polar surface area (TPSA) is 81.2 Å². The van der Waals surface area contributed by atoms with Gasteiger partial charge in [0.05, 0.1) is 12.8 Å². The number of rotatable bonds is 7. The van der Waals surface area contributed by atoms with Crippen molar-refractivity contribution >= 4 is 24.1 Å². The molecular formula is C14H17FN2O4S. The lowest BCUT2D eigenvalue weighted by Gasteiger charge is -2.05. The van der Waals surface area contributed by atoms with Crippen LogP contribution in [-0.4, -0.2) is 28.0 Å². The van der Waals surface area contributed by atoms with Crippen molar-refractivity contribution in [1.29, 1.82) is 0 Å². The van der Waals surface area contributed by atoms with Crippen LogP contribution in [0.4, 0.5) is 4.39 Å². The first-order chi connectivity index (χ1) is 10.3. The summed E-state index contributed by atoms with van der Waals surface area (Å²) in [7, 11) is 0. The summed E-state index contributed by atoms with van der Waals surface area (Å²) in [6, 6.07) is 0. The lowest BCUT2D eigenvalue weighted by Crippen LogP contribution is -2.29. The number of H-pyrrole nitrogens is 1. The fourth-order valence-electron chi connectivity index (χ4n) is 1.60. The van der Waals surface area contributed by atoms with Crippen LogP contribution in [-0.2, 0) is 9.53 Å².